The third-order valence-corrected chi connectivity index (χ3v) is 3.99. The highest BCUT2D eigenvalue weighted by atomic mass is 15.2. The topological polar surface area (TPSA) is 15.3 Å². The Kier molecular flexibility index (Phi) is 5.47. The summed E-state index contributed by atoms with van der Waals surface area (Å²) in [7, 11) is 0. The Hall–Kier alpha value is -1.02. The second kappa shape index (κ2) is 7.12. The summed E-state index contributed by atoms with van der Waals surface area (Å²) in [5, 5.41) is 3.57. The molecule has 2 rings (SSSR count). The SMILES string of the molecule is CCCCN(c1ccc(C)cc1CNC(C)C)C1CC1. The molecule has 0 amide bonds. The highest BCUT2D eigenvalue weighted by Crippen LogP contribution is 2.34. The Labute approximate surface area is 124 Å². The van der Waals surface area contributed by atoms with Crippen LogP contribution in [-0.2, 0) is 6.54 Å². The quantitative estimate of drug-likeness (QED) is 0.762. The molecule has 0 aliphatic heterocycles. The molecule has 1 fully saturated rings. The van der Waals surface area contributed by atoms with Gasteiger partial charge in [0.2, 0.25) is 0 Å². The molecule has 2 nitrogen and oxygen atoms in total. The third kappa shape index (κ3) is 4.24. The Morgan fingerprint density at radius 2 is 2.05 bits per heavy atom. The van der Waals surface area contributed by atoms with Gasteiger partial charge in [-0.1, -0.05) is 44.9 Å². The van der Waals surface area contributed by atoms with Gasteiger partial charge in [-0.15, -0.1) is 0 Å². The normalized spacial score (nSPS) is 14.8. The monoisotopic (exact) mass is 274 g/mol. The largest absolute Gasteiger partial charge is 0.368 e. The first-order chi connectivity index (χ1) is 9.61. The van der Waals surface area contributed by atoms with Gasteiger partial charge in [-0.2, -0.15) is 0 Å². The van der Waals surface area contributed by atoms with Crippen molar-refractivity contribution in [3.05, 3.63) is 29.3 Å². The van der Waals surface area contributed by atoms with E-state index in [0.717, 1.165) is 12.6 Å². The molecule has 0 aromatic heterocycles. The maximum atomic E-state index is 3.57. The summed E-state index contributed by atoms with van der Waals surface area (Å²) < 4.78 is 0. The summed E-state index contributed by atoms with van der Waals surface area (Å²) in [6.07, 6.45) is 5.30. The zero-order valence-electron chi connectivity index (χ0n) is 13.6. The molecule has 1 saturated carbocycles. The van der Waals surface area contributed by atoms with E-state index in [0.29, 0.717) is 6.04 Å². The van der Waals surface area contributed by atoms with Gasteiger partial charge in [-0.3, -0.25) is 0 Å². The van der Waals surface area contributed by atoms with Crippen LogP contribution in [0.15, 0.2) is 18.2 Å². The minimum absolute atomic E-state index is 0.536. The molecule has 0 saturated heterocycles. The summed E-state index contributed by atoms with van der Waals surface area (Å²) in [5.41, 5.74) is 4.28. The third-order valence-electron chi connectivity index (χ3n) is 3.99. The smallest absolute Gasteiger partial charge is 0.0414 e. The van der Waals surface area contributed by atoms with Gasteiger partial charge >= 0.3 is 0 Å². The van der Waals surface area contributed by atoms with Crippen molar-refractivity contribution in [3.8, 4) is 0 Å². The van der Waals surface area contributed by atoms with Gasteiger partial charge in [-0.25, -0.2) is 0 Å². The van der Waals surface area contributed by atoms with E-state index in [4.69, 9.17) is 0 Å². The summed E-state index contributed by atoms with van der Waals surface area (Å²) in [5.74, 6) is 0. The van der Waals surface area contributed by atoms with Crippen LogP contribution >= 0.6 is 0 Å². The molecule has 1 N–H and O–H groups in total. The lowest BCUT2D eigenvalue weighted by molar-refractivity contribution is 0.586. The Morgan fingerprint density at radius 1 is 1.30 bits per heavy atom. The van der Waals surface area contributed by atoms with E-state index < -0.39 is 0 Å². The minimum Gasteiger partial charge on any atom is -0.368 e. The molecule has 1 aliphatic rings. The summed E-state index contributed by atoms with van der Waals surface area (Å²) >= 11 is 0. The zero-order chi connectivity index (χ0) is 14.5. The Bertz CT molecular complexity index is 421. The van der Waals surface area contributed by atoms with Gasteiger partial charge in [0.1, 0.15) is 0 Å². The van der Waals surface area contributed by atoms with Crippen molar-refractivity contribution in [1.29, 1.82) is 0 Å². The first-order valence-corrected chi connectivity index (χ1v) is 8.21. The predicted octanol–water partition coefficient (Wildman–Crippen LogP) is 4.26. The maximum absolute atomic E-state index is 3.57. The standard InChI is InChI=1S/C18H30N2/c1-5-6-11-20(17-8-9-17)18-10-7-15(4)12-16(18)13-19-14(2)3/h7,10,12,14,17,19H,5-6,8-9,11,13H2,1-4H3. The molecule has 0 radical (unpaired) electrons. The molecule has 0 spiro atoms. The van der Waals surface area contributed by atoms with Crippen molar-refractivity contribution in [1.82, 2.24) is 5.32 Å². The second-order valence-corrected chi connectivity index (χ2v) is 6.45. The van der Waals surface area contributed by atoms with Gasteiger partial charge in [0, 0.05) is 30.9 Å². The van der Waals surface area contributed by atoms with E-state index >= 15 is 0 Å². The lowest BCUT2D eigenvalue weighted by Gasteiger charge is -2.28. The number of anilines is 1. The van der Waals surface area contributed by atoms with E-state index in [1.165, 1.54) is 49.0 Å². The average molecular weight is 274 g/mol. The number of hydrogen-bond acceptors (Lipinski definition) is 2. The Morgan fingerprint density at radius 3 is 2.65 bits per heavy atom. The molecule has 112 valence electrons. The van der Waals surface area contributed by atoms with Crippen LogP contribution in [0.25, 0.3) is 0 Å². The van der Waals surface area contributed by atoms with Crippen molar-refractivity contribution in [2.45, 2.75) is 72.0 Å². The number of aryl methyl sites for hydroxylation is 1. The molecule has 1 aliphatic carbocycles. The molecule has 0 bridgehead atoms. The summed E-state index contributed by atoms with van der Waals surface area (Å²) in [6, 6.07) is 8.28. The number of nitrogens with zero attached hydrogens (tertiary/aromatic N) is 1. The van der Waals surface area contributed by atoms with Crippen LogP contribution in [0.4, 0.5) is 5.69 Å². The van der Waals surface area contributed by atoms with Crippen LogP contribution in [0.2, 0.25) is 0 Å². The number of unbranched alkanes of at least 4 members (excludes halogenated alkanes) is 1. The van der Waals surface area contributed by atoms with Crippen molar-refractivity contribution < 1.29 is 0 Å². The van der Waals surface area contributed by atoms with Crippen LogP contribution < -0.4 is 10.2 Å². The molecule has 1 aromatic rings. The van der Waals surface area contributed by atoms with E-state index in [-0.39, 0.29) is 0 Å². The van der Waals surface area contributed by atoms with Crippen LogP contribution in [0, 0.1) is 6.92 Å². The fraction of sp³-hybridized carbons (Fsp3) is 0.667. The van der Waals surface area contributed by atoms with E-state index in [2.05, 4.69) is 56.1 Å². The van der Waals surface area contributed by atoms with Gasteiger partial charge < -0.3 is 10.2 Å². The van der Waals surface area contributed by atoms with Gasteiger partial charge in [0.25, 0.3) is 0 Å². The molecule has 2 heteroatoms. The van der Waals surface area contributed by atoms with Crippen LogP contribution in [0.5, 0.6) is 0 Å². The van der Waals surface area contributed by atoms with E-state index in [1.54, 1.807) is 0 Å². The maximum Gasteiger partial charge on any atom is 0.0414 e. The molecule has 0 unspecified atom stereocenters. The average Bonchev–Trinajstić information content (AvgIpc) is 3.23. The van der Waals surface area contributed by atoms with Crippen molar-refractivity contribution >= 4 is 5.69 Å². The molecular formula is C18H30N2. The lowest BCUT2D eigenvalue weighted by Crippen LogP contribution is -2.29. The lowest BCUT2D eigenvalue weighted by atomic mass is 10.1. The van der Waals surface area contributed by atoms with Crippen molar-refractivity contribution in [2.75, 3.05) is 11.4 Å². The minimum atomic E-state index is 0.536. The molecule has 20 heavy (non-hydrogen) atoms. The van der Waals surface area contributed by atoms with Gasteiger partial charge in [0.15, 0.2) is 0 Å². The van der Waals surface area contributed by atoms with Gasteiger partial charge in [-0.05, 0) is 37.8 Å². The predicted molar refractivity (Wildman–Crippen MR) is 88.4 cm³/mol. The summed E-state index contributed by atoms with van der Waals surface area (Å²) in [4.78, 5) is 2.65. The zero-order valence-corrected chi connectivity index (χ0v) is 13.6. The molecule has 0 atom stereocenters. The summed E-state index contributed by atoms with van der Waals surface area (Å²) in [6.45, 7) is 11.1. The van der Waals surface area contributed by atoms with E-state index in [1.807, 2.05) is 0 Å². The van der Waals surface area contributed by atoms with Crippen LogP contribution in [-0.4, -0.2) is 18.6 Å². The molecule has 0 heterocycles. The van der Waals surface area contributed by atoms with Crippen LogP contribution in [0.1, 0.15) is 57.6 Å². The Balaban J connectivity index is 2.18. The number of hydrogen-bond donors (Lipinski definition) is 1. The van der Waals surface area contributed by atoms with Crippen LogP contribution in [0.3, 0.4) is 0 Å². The number of benzene rings is 1. The first-order valence-electron chi connectivity index (χ1n) is 8.21. The number of nitrogens with one attached hydrogen (secondary N) is 1. The highest BCUT2D eigenvalue weighted by molar-refractivity contribution is 5.56. The van der Waals surface area contributed by atoms with Crippen molar-refractivity contribution in [2.24, 2.45) is 0 Å². The fourth-order valence-corrected chi connectivity index (χ4v) is 2.66. The molecular weight excluding hydrogens is 244 g/mol. The van der Waals surface area contributed by atoms with E-state index in [9.17, 15) is 0 Å². The highest BCUT2D eigenvalue weighted by Gasteiger charge is 2.29. The first kappa shape index (κ1) is 15.4. The number of rotatable bonds is 8. The second-order valence-electron chi connectivity index (χ2n) is 6.45. The molecule has 1 aromatic carbocycles. The van der Waals surface area contributed by atoms with Gasteiger partial charge in [0.05, 0.1) is 0 Å². The fourth-order valence-electron chi connectivity index (χ4n) is 2.66. The van der Waals surface area contributed by atoms with Crippen molar-refractivity contribution in [3.63, 3.8) is 0 Å².